The van der Waals surface area contributed by atoms with Gasteiger partial charge in [-0.05, 0) is 24.1 Å². The van der Waals surface area contributed by atoms with Crippen LogP contribution >= 0.6 is 11.3 Å². The van der Waals surface area contributed by atoms with Gasteiger partial charge in [0.25, 0.3) is 0 Å². The number of thiazole rings is 1. The van der Waals surface area contributed by atoms with Crippen LogP contribution in [0, 0.1) is 11.3 Å². The molecule has 2 aromatic carbocycles. The zero-order chi connectivity index (χ0) is 17.6. The average molecular weight is 346 g/mol. The molecule has 0 radical (unpaired) electrons. The zero-order valence-corrected chi connectivity index (χ0v) is 15.0. The van der Waals surface area contributed by atoms with Crippen LogP contribution in [0.15, 0.2) is 53.9 Å². The first kappa shape index (κ1) is 16.9. The maximum Gasteiger partial charge on any atom is 0.134 e. The molecule has 0 fully saturated rings. The van der Waals surface area contributed by atoms with E-state index in [1.165, 1.54) is 16.9 Å². The number of methoxy groups -OCH3 is 1. The third kappa shape index (κ3) is 3.78. The van der Waals surface area contributed by atoms with E-state index in [9.17, 15) is 5.26 Å². The molecule has 25 heavy (non-hydrogen) atoms. The summed E-state index contributed by atoms with van der Waals surface area (Å²) in [7, 11) is 1.63. The average Bonchev–Trinajstić information content (AvgIpc) is 3.16. The van der Waals surface area contributed by atoms with Crippen molar-refractivity contribution in [3.63, 3.8) is 0 Å². The Kier molecular flexibility index (Phi) is 5.27. The van der Waals surface area contributed by atoms with Gasteiger partial charge in [-0.15, -0.1) is 11.3 Å². The first-order valence-electron chi connectivity index (χ1n) is 8.05. The SMILES string of the molecule is CCc1ccc(-c2csc(C(C#N)=Cc3ccccc3OC)n2)cc1. The quantitative estimate of drug-likeness (QED) is 0.577. The maximum atomic E-state index is 9.56. The third-order valence-electron chi connectivity index (χ3n) is 3.95. The fraction of sp³-hybridized carbons (Fsp3) is 0.143. The molecule has 3 aromatic rings. The van der Waals surface area contributed by atoms with Gasteiger partial charge in [0.15, 0.2) is 0 Å². The lowest BCUT2D eigenvalue weighted by Gasteiger charge is -2.04. The third-order valence-corrected chi connectivity index (χ3v) is 4.83. The second kappa shape index (κ2) is 7.78. The number of para-hydroxylation sites is 1. The Morgan fingerprint density at radius 3 is 2.64 bits per heavy atom. The number of ether oxygens (including phenoxy) is 1. The summed E-state index contributed by atoms with van der Waals surface area (Å²) in [5, 5.41) is 12.3. The smallest absolute Gasteiger partial charge is 0.134 e. The van der Waals surface area contributed by atoms with Gasteiger partial charge in [-0.3, -0.25) is 0 Å². The van der Waals surface area contributed by atoms with Crippen LogP contribution in [0.25, 0.3) is 22.9 Å². The number of nitrogens with zero attached hydrogens (tertiary/aromatic N) is 2. The Morgan fingerprint density at radius 1 is 1.20 bits per heavy atom. The molecule has 1 aromatic heterocycles. The minimum atomic E-state index is 0.533. The van der Waals surface area contributed by atoms with E-state index in [0.717, 1.165) is 29.0 Å². The first-order valence-corrected chi connectivity index (χ1v) is 8.93. The summed E-state index contributed by atoms with van der Waals surface area (Å²) in [5.41, 5.74) is 4.66. The Balaban J connectivity index is 1.93. The molecule has 0 spiro atoms. The van der Waals surface area contributed by atoms with E-state index in [1.807, 2.05) is 35.7 Å². The summed E-state index contributed by atoms with van der Waals surface area (Å²) in [4.78, 5) is 4.65. The van der Waals surface area contributed by atoms with E-state index in [1.54, 1.807) is 7.11 Å². The number of nitriles is 1. The van der Waals surface area contributed by atoms with Gasteiger partial charge in [-0.2, -0.15) is 5.26 Å². The lowest BCUT2D eigenvalue weighted by atomic mass is 10.1. The summed E-state index contributed by atoms with van der Waals surface area (Å²) in [6.45, 7) is 2.14. The van der Waals surface area contributed by atoms with Gasteiger partial charge in [0.1, 0.15) is 16.8 Å². The van der Waals surface area contributed by atoms with Gasteiger partial charge in [0.2, 0.25) is 0 Å². The monoisotopic (exact) mass is 346 g/mol. The molecular weight excluding hydrogens is 328 g/mol. The Labute approximate surface area is 151 Å². The highest BCUT2D eigenvalue weighted by molar-refractivity contribution is 7.11. The van der Waals surface area contributed by atoms with Crippen LogP contribution in [0.1, 0.15) is 23.1 Å². The van der Waals surface area contributed by atoms with Crippen molar-refractivity contribution in [1.29, 1.82) is 5.26 Å². The normalized spacial score (nSPS) is 11.2. The molecule has 4 heteroatoms. The van der Waals surface area contributed by atoms with E-state index in [4.69, 9.17) is 4.74 Å². The number of hydrogen-bond acceptors (Lipinski definition) is 4. The van der Waals surface area contributed by atoms with E-state index in [-0.39, 0.29) is 0 Å². The van der Waals surface area contributed by atoms with Crippen molar-refractivity contribution >= 4 is 23.0 Å². The molecule has 0 aliphatic heterocycles. The van der Waals surface area contributed by atoms with E-state index in [2.05, 4.69) is 42.2 Å². The molecule has 124 valence electrons. The summed E-state index contributed by atoms with van der Waals surface area (Å²) in [5.74, 6) is 0.738. The van der Waals surface area contributed by atoms with Crippen molar-refractivity contribution in [1.82, 2.24) is 4.98 Å². The predicted octanol–water partition coefficient (Wildman–Crippen LogP) is 5.45. The maximum absolute atomic E-state index is 9.56. The number of allylic oxidation sites excluding steroid dienone is 1. The fourth-order valence-corrected chi connectivity index (χ4v) is 3.32. The van der Waals surface area contributed by atoms with Gasteiger partial charge in [-0.1, -0.05) is 49.4 Å². The Morgan fingerprint density at radius 2 is 1.96 bits per heavy atom. The number of benzene rings is 2. The van der Waals surface area contributed by atoms with E-state index >= 15 is 0 Å². The van der Waals surface area contributed by atoms with Gasteiger partial charge in [0.05, 0.1) is 18.4 Å². The first-order chi connectivity index (χ1) is 12.2. The largest absolute Gasteiger partial charge is 0.496 e. The van der Waals surface area contributed by atoms with Gasteiger partial charge < -0.3 is 4.74 Å². The van der Waals surface area contributed by atoms with Crippen LogP contribution in [-0.2, 0) is 6.42 Å². The summed E-state index contributed by atoms with van der Waals surface area (Å²) >= 11 is 1.48. The summed E-state index contributed by atoms with van der Waals surface area (Å²) in [6.07, 6.45) is 2.84. The molecule has 0 saturated carbocycles. The summed E-state index contributed by atoms with van der Waals surface area (Å²) in [6, 6.07) is 18.3. The van der Waals surface area contributed by atoms with Gasteiger partial charge in [-0.25, -0.2) is 4.98 Å². The van der Waals surface area contributed by atoms with Crippen LogP contribution in [0.2, 0.25) is 0 Å². The van der Waals surface area contributed by atoms with Crippen molar-refractivity contribution in [3.8, 4) is 23.1 Å². The van der Waals surface area contributed by atoms with Crippen molar-refractivity contribution < 1.29 is 4.74 Å². The molecule has 0 aliphatic carbocycles. The highest BCUT2D eigenvalue weighted by Gasteiger charge is 2.10. The van der Waals surface area contributed by atoms with Crippen LogP contribution in [0.4, 0.5) is 0 Å². The van der Waals surface area contributed by atoms with Crippen LogP contribution in [0.5, 0.6) is 5.75 Å². The van der Waals surface area contributed by atoms with Crippen molar-refractivity contribution in [2.24, 2.45) is 0 Å². The van der Waals surface area contributed by atoms with Gasteiger partial charge >= 0.3 is 0 Å². The minimum absolute atomic E-state index is 0.533. The van der Waals surface area contributed by atoms with Crippen molar-refractivity contribution in [2.75, 3.05) is 7.11 Å². The Bertz CT molecular complexity index is 933. The highest BCUT2D eigenvalue weighted by atomic mass is 32.1. The molecule has 0 aliphatic rings. The summed E-state index contributed by atoms with van der Waals surface area (Å²) < 4.78 is 5.35. The number of hydrogen-bond donors (Lipinski definition) is 0. The topological polar surface area (TPSA) is 45.9 Å². The number of aromatic nitrogens is 1. The zero-order valence-electron chi connectivity index (χ0n) is 14.2. The van der Waals surface area contributed by atoms with Crippen molar-refractivity contribution in [3.05, 3.63) is 70.0 Å². The number of aryl methyl sites for hydroxylation is 1. The molecule has 1 heterocycles. The van der Waals surface area contributed by atoms with Crippen molar-refractivity contribution in [2.45, 2.75) is 13.3 Å². The Hall–Kier alpha value is -2.90. The second-order valence-corrected chi connectivity index (χ2v) is 6.36. The van der Waals surface area contributed by atoms with Crippen LogP contribution in [0.3, 0.4) is 0 Å². The van der Waals surface area contributed by atoms with Crippen LogP contribution < -0.4 is 4.74 Å². The van der Waals surface area contributed by atoms with Gasteiger partial charge in [0, 0.05) is 16.5 Å². The number of rotatable bonds is 5. The highest BCUT2D eigenvalue weighted by Crippen LogP contribution is 2.29. The molecule has 3 rings (SSSR count). The molecular formula is C21H18N2OS. The molecule has 0 saturated heterocycles. The molecule has 3 nitrogen and oxygen atoms in total. The molecule has 0 amide bonds. The molecule has 0 bridgehead atoms. The van der Waals surface area contributed by atoms with E-state index in [0.29, 0.717) is 10.6 Å². The predicted molar refractivity (Wildman–Crippen MR) is 103 cm³/mol. The van der Waals surface area contributed by atoms with Crippen LogP contribution in [-0.4, -0.2) is 12.1 Å². The fourth-order valence-electron chi connectivity index (χ4n) is 2.52. The molecule has 0 atom stereocenters. The molecule has 0 unspecified atom stereocenters. The standard InChI is InChI=1S/C21H18N2OS/c1-3-15-8-10-16(11-9-15)19-14-25-21(23-19)18(13-22)12-17-6-4-5-7-20(17)24-2/h4-12,14H,3H2,1-2H3. The minimum Gasteiger partial charge on any atom is -0.496 e. The van der Waals surface area contributed by atoms with E-state index < -0.39 is 0 Å². The lowest BCUT2D eigenvalue weighted by Crippen LogP contribution is -1.88. The molecule has 0 N–H and O–H groups in total. The lowest BCUT2D eigenvalue weighted by molar-refractivity contribution is 0.414. The second-order valence-electron chi connectivity index (χ2n) is 5.50.